The van der Waals surface area contributed by atoms with Crippen LogP contribution in [0.25, 0.3) is 50.0 Å². The van der Waals surface area contributed by atoms with Gasteiger partial charge in [0.25, 0.3) is 13.0 Å². The van der Waals surface area contributed by atoms with Crippen LogP contribution < -0.4 is 40.8 Å². The number of nitrogens with zero attached hydrogens (tertiary/aromatic N) is 4. The monoisotopic (exact) mass is 818 g/mol. The van der Waals surface area contributed by atoms with Crippen molar-refractivity contribution in [1.29, 1.82) is 0 Å². The van der Waals surface area contributed by atoms with E-state index in [0.29, 0.717) is 0 Å². The fraction of sp³-hybridized carbons (Fsp3) is 0.111. The highest BCUT2D eigenvalue weighted by molar-refractivity contribution is 7.02. The fourth-order valence-electron chi connectivity index (χ4n) is 9.96. The number of rotatable bonds is 5. The molecule has 2 aliphatic rings. The second-order valence-corrected chi connectivity index (χ2v) is 22.6. The number of aromatic nitrogens is 4. The number of benzene rings is 7. The van der Waals surface area contributed by atoms with Gasteiger partial charge in [0.05, 0.1) is 33.4 Å². The van der Waals surface area contributed by atoms with Crippen molar-refractivity contribution in [2.24, 2.45) is 0 Å². The molecule has 298 valence electrons. The van der Waals surface area contributed by atoms with E-state index in [1.807, 2.05) is 18.3 Å². The zero-order valence-corrected chi connectivity index (χ0v) is 36.3. The molecule has 0 bridgehead atoms. The summed E-state index contributed by atoms with van der Waals surface area (Å²) in [6.07, 6.45) is 5.67. The first-order valence-corrected chi connectivity index (χ1v) is 24.4. The molecule has 0 amide bonds. The highest BCUT2D eigenvalue weighted by atomic mass is 28.3. The van der Waals surface area contributed by atoms with E-state index < -0.39 is 8.07 Å². The van der Waals surface area contributed by atoms with Gasteiger partial charge in [-0.15, -0.1) is 0 Å². The van der Waals surface area contributed by atoms with Gasteiger partial charge >= 0.3 is 0 Å². The minimum Gasteiger partial charge on any atom is -0.458 e. The third kappa shape index (κ3) is 5.56. The van der Waals surface area contributed by atoms with Crippen LogP contribution in [0.2, 0.25) is 13.1 Å². The average molecular weight is 819 g/mol. The fourth-order valence-corrected chi connectivity index (χ4v) is 12.9. The molecule has 0 fully saturated rings. The van der Waals surface area contributed by atoms with E-state index in [1.165, 1.54) is 26.9 Å². The van der Waals surface area contributed by atoms with Gasteiger partial charge in [-0.05, 0) is 99.0 Å². The Morgan fingerprint density at radius 2 is 1.39 bits per heavy atom. The summed E-state index contributed by atoms with van der Waals surface area (Å²) in [7, 11) is -2.07. The molecule has 3 aromatic heterocycles. The SMILES string of the molecule is CC(C)(C)c1ccnc(-n2c3ccc(B4c5ccccc5Oc5ccccc54)cc3c3ccc(Oc4ccc5c(c4)-n4[c-][n+](-c6ccccc6)c6cccc(c64)[Si]5(C)C)cc32)c1. The zero-order valence-electron chi connectivity index (χ0n) is 35.3. The summed E-state index contributed by atoms with van der Waals surface area (Å²) in [4.78, 5) is 5.00. The van der Waals surface area contributed by atoms with Gasteiger partial charge in [-0.1, -0.05) is 130 Å². The molecule has 7 aromatic carbocycles. The lowest BCUT2D eigenvalue weighted by Crippen LogP contribution is -2.57. The summed E-state index contributed by atoms with van der Waals surface area (Å²) in [5.74, 6) is 4.21. The van der Waals surface area contributed by atoms with Gasteiger partial charge in [0.15, 0.2) is 0 Å². The first-order chi connectivity index (χ1) is 30.1. The van der Waals surface area contributed by atoms with E-state index >= 15 is 0 Å². The maximum Gasteiger partial charge on any atom is 0.269 e. The summed E-state index contributed by atoms with van der Waals surface area (Å²) in [5, 5.41) is 5.07. The third-order valence-corrected chi connectivity index (χ3v) is 16.6. The maximum atomic E-state index is 6.89. The molecular formula is C54H43BN4O2Si. The maximum absolute atomic E-state index is 6.89. The molecular weight excluding hydrogens is 776 g/mol. The van der Waals surface area contributed by atoms with E-state index in [-0.39, 0.29) is 12.1 Å². The number of pyridine rings is 1. The summed E-state index contributed by atoms with van der Waals surface area (Å²) < 4.78 is 20.0. The van der Waals surface area contributed by atoms with Crippen molar-refractivity contribution in [3.63, 3.8) is 0 Å². The third-order valence-electron chi connectivity index (χ3n) is 13.1. The summed E-state index contributed by atoms with van der Waals surface area (Å²) in [5.41, 5.74) is 11.4. The van der Waals surface area contributed by atoms with Crippen LogP contribution in [0.3, 0.4) is 0 Å². The number of para-hydroxylation sites is 4. The summed E-state index contributed by atoms with van der Waals surface area (Å²) in [6.45, 7) is 11.7. The molecule has 5 heterocycles. The van der Waals surface area contributed by atoms with E-state index in [9.17, 15) is 0 Å². The molecule has 0 N–H and O–H groups in total. The lowest BCUT2D eigenvalue weighted by Gasteiger charge is -2.32. The highest BCUT2D eigenvalue weighted by Gasteiger charge is 2.37. The first-order valence-electron chi connectivity index (χ1n) is 21.4. The molecule has 0 saturated carbocycles. The highest BCUT2D eigenvalue weighted by Crippen LogP contribution is 2.37. The molecule has 0 spiro atoms. The van der Waals surface area contributed by atoms with Crippen LogP contribution in [-0.4, -0.2) is 28.9 Å². The quantitative estimate of drug-likeness (QED) is 0.0990. The van der Waals surface area contributed by atoms with Crippen LogP contribution in [0.1, 0.15) is 26.3 Å². The molecule has 2 aliphatic heterocycles. The van der Waals surface area contributed by atoms with Crippen LogP contribution in [0.5, 0.6) is 23.0 Å². The van der Waals surface area contributed by atoms with Crippen molar-refractivity contribution >= 4 is 74.4 Å². The topological polar surface area (TPSA) is 45.1 Å². The van der Waals surface area contributed by atoms with Crippen LogP contribution >= 0.6 is 0 Å². The largest absolute Gasteiger partial charge is 0.458 e. The van der Waals surface area contributed by atoms with Gasteiger partial charge in [0.1, 0.15) is 36.9 Å². The lowest BCUT2D eigenvalue weighted by molar-refractivity contribution is -0.572. The van der Waals surface area contributed by atoms with Gasteiger partial charge in [0.2, 0.25) is 0 Å². The van der Waals surface area contributed by atoms with Crippen LogP contribution in [0.15, 0.2) is 170 Å². The lowest BCUT2D eigenvalue weighted by atomic mass is 9.36. The Morgan fingerprint density at radius 1 is 0.661 bits per heavy atom. The number of ether oxygens (including phenoxy) is 2. The molecule has 0 aliphatic carbocycles. The minimum absolute atomic E-state index is 0.0221. The molecule has 12 rings (SSSR count). The van der Waals surface area contributed by atoms with Gasteiger partial charge < -0.3 is 9.47 Å². The van der Waals surface area contributed by atoms with Crippen molar-refractivity contribution in [2.45, 2.75) is 39.3 Å². The molecule has 6 nitrogen and oxygen atoms in total. The molecule has 0 unspecified atom stereocenters. The van der Waals surface area contributed by atoms with Crippen LogP contribution in [0, 0.1) is 6.33 Å². The number of imidazole rings is 1. The van der Waals surface area contributed by atoms with E-state index in [0.717, 1.165) is 78.4 Å². The first kappa shape index (κ1) is 36.7. The van der Waals surface area contributed by atoms with Crippen molar-refractivity contribution in [3.05, 3.63) is 182 Å². The smallest absolute Gasteiger partial charge is 0.269 e. The Kier molecular flexibility index (Phi) is 7.94. The molecule has 0 atom stereocenters. The molecule has 62 heavy (non-hydrogen) atoms. The molecule has 0 saturated heterocycles. The van der Waals surface area contributed by atoms with Crippen molar-refractivity contribution in [3.8, 4) is 40.2 Å². The van der Waals surface area contributed by atoms with E-state index in [1.54, 1.807) is 0 Å². The molecule has 0 radical (unpaired) electrons. The van der Waals surface area contributed by atoms with E-state index in [2.05, 4.69) is 206 Å². The number of hydrogen-bond acceptors (Lipinski definition) is 3. The van der Waals surface area contributed by atoms with Crippen LogP contribution in [0.4, 0.5) is 0 Å². The van der Waals surface area contributed by atoms with Crippen molar-refractivity contribution in [2.75, 3.05) is 0 Å². The summed E-state index contributed by atoms with van der Waals surface area (Å²) >= 11 is 0. The van der Waals surface area contributed by atoms with Gasteiger partial charge in [-0.3, -0.25) is 13.7 Å². The van der Waals surface area contributed by atoms with Crippen molar-refractivity contribution in [1.82, 2.24) is 14.1 Å². The average Bonchev–Trinajstić information content (AvgIpc) is 3.84. The van der Waals surface area contributed by atoms with Crippen LogP contribution in [-0.2, 0) is 5.41 Å². The Labute approximate surface area is 362 Å². The van der Waals surface area contributed by atoms with E-state index in [4.69, 9.17) is 14.5 Å². The van der Waals surface area contributed by atoms with Crippen molar-refractivity contribution < 1.29 is 14.0 Å². The van der Waals surface area contributed by atoms with Gasteiger partial charge in [-0.25, -0.2) is 4.98 Å². The Morgan fingerprint density at radius 3 is 2.16 bits per heavy atom. The number of hydrogen-bond donors (Lipinski definition) is 0. The summed E-state index contributed by atoms with van der Waals surface area (Å²) in [6, 6.07) is 58.4. The van der Waals surface area contributed by atoms with Gasteiger partial charge in [-0.2, -0.15) is 0 Å². The molecule has 8 heteroatoms. The second-order valence-electron chi connectivity index (χ2n) is 18.2. The predicted octanol–water partition coefficient (Wildman–Crippen LogP) is 9.05. The Bertz CT molecular complexity index is 3410. The minimum atomic E-state index is -2.07. The Balaban J connectivity index is 1.01. The second kappa shape index (κ2) is 13.4. The molecule has 10 aromatic rings. The predicted molar refractivity (Wildman–Crippen MR) is 255 cm³/mol. The zero-order chi connectivity index (χ0) is 41.9. The Hall–Kier alpha value is -7.16. The number of fused-ring (bicyclic) bond motifs is 7. The van der Waals surface area contributed by atoms with Gasteiger partial charge in [0, 0.05) is 23.0 Å². The standard InChI is InChI=1S/C54H43BN4O2Si/c1-54(2,3)35-28-29-56-52(30-35)59-44-26-22-36(55-42-16-9-11-19-48(42)61-49-20-12-10-17-43(49)55)31-41(44)40-25-23-38(32-46(40)59)60-39-24-27-50-47(33-39)58-34-57(37-14-7-6-8-15-37)45-18-13-21-51(53(45)58)62(50,4)5/h6-33H,1-5H3. The normalized spacial score (nSPS) is 13.8.